The Kier molecular flexibility index (Phi) is 3.27. The highest BCUT2D eigenvalue weighted by molar-refractivity contribution is 5.97. The van der Waals surface area contributed by atoms with Gasteiger partial charge < -0.3 is 9.64 Å². The third kappa shape index (κ3) is 2.12. The van der Waals surface area contributed by atoms with Crippen LogP contribution in [0.2, 0.25) is 0 Å². The molecule has 0 amide bonds. The Morgan fingerprint density at radius 2 is 1.67 bits per heavy atom. The summed E-state index contributed by atoms with van der Waals surface area (Å²) < 4.78 is 5.58. The van der Waals surface area contributed by atoms with Gasteiger partial charge in [-0.1, -0.05) is 42.5 Å². The lowest BCUT2D eigenvalue weighted by Crippen LogP contribution is -2.37. The monoisotopic (exact) mass is 316 g/mol. The molecule has 1 aromatic heterocycles. The van der Waals surface area contributed by atoms with Gasteiger partial charge in [-0.25, -0.2) is 4.98 Å². The van der Waals surface area contributed by atoms with Gasteiger partial charge in [0, 0.05) is 29.6 Å². The van der Waals surface area contributed by atoms with Gasteiger partial charge in [-0.15, -0.1) is 0 Å². The molecule has 2 heterocycles. The summed E-state index contributed by atoms with van der Waals surface area (Å²) in [5, 5.41) is 1.28. The van der Waals surface area contributed by atoms with Crippen molar-refractivity contribution < 1.29 is 4.74 Å². The van der Waals surface area contributed by atoms with Crippen molar-refractivity contribution in [1.82, 2.24) is 4.98 Å². The Hall–Kier alpha value is -2.39. The van der Waals surface area contributed by atoms with E-state index in [1.165, 1.54) is 33.5 Å². The van der Waals surface area contributed by atoms with E-state index in [2.05, 4.69) is 53.4 Å². The second-order valence-electron chi connectivity index (χ2n) is 6.56. The maximum absolute atomic E-state index is 5.58. The van der Waals surface area contributed by atoms with Crippen molar-refractivity contribution in [3.05, 3.63) is 59.7 Å². The Bertz CT molecular complexity index is 913. The fourth-order valence-electron chi connectivity index (χ4n) is 4.07. The van der Waals surface area contributed by atoms with Gasteiger partial charge in [0.1, 0.15) is 0 Å². The fourth-order valence-corrected chi connectivity index (χ4v) is 4.07. The van der Waals surface area contributed by atoms with Gasteiger partial charge in [0.2, 0.25) is 0 Å². The molecule has 3 aromatic rings. The summed E-state index contributed by atoms with van der Waals surface area (Å²) in [6.07, 6.45) is 2.16. The number of hydrogen-bond acceptors (Lipinski definition) is 3. The minimum absolute atomic E-state index is 0.808. The van der Waals surface area contributed by atoms with Crippen LogP contribution in [0.1, 0.15) is 11.1 Å². The smallest absolute Gasteiger partial charge is 0.0765 e. The molecule has 120 valence electrons. The molecule has 2 aliphatic rings. The lowest BCUT2D eigenvalue weighted by atomic mass is 9.86. The van der Waals surface area contributed by atoms with Crippen LogP contribution in [-0.2, 0) is 17.6 Å². The van der Waals surface area contributed by atoms with Crippen molar-refractivity contribution in [2.24, 2.45) is 0 Å². The molecule has 0 unspecified atom stereocenters. The summed E-state index contributed by atoms with van der Waals surface area (Å²) >= 11 is 0. The zero-order chi connectivity index (χ0) is 15.9. The first-order valence-corrected chi connectivity index (χ1v) is 8.74. The molecule has 1 aliphatic carbocycles. The van der Waals surface area contributed by atoms with Crippen LogP contribution in [0.15, 0.2) is 48.5 Å². The summed E-state index contributed by atoms with van der Waals surface area (Å²) in [6.45, 7) is 3.54. The molecule has 0 spiro atoms. The molecule has 5 rings (SSSR count). The first-order chi connectivity index (χ1) is 11.9. The number of rotatable bonds is 1. The van der Waals surface area contributed by atoms with Crippen molar-refractivity contribution in [3.63, 3.8) is 0 Å². The molecule has 1 aliphatic heterocycles. The van der Waals surface area contributed by atoms with Crippen LogP contribution in [0.5, 0.6) is 0 Å². The molecular weight excluding hydrogens is 296 g/mol. The van der Waals surface area contributed by atoms with E-state index in [0.717, 1.165) is 44.7 Å². The molecule has 1 fully saturated rings. The molecule has 3 nitrogen and oxygen atoms in total. The van der Waals surface area contributed by atoms with E-state index in [9.17, 15) is 0 Å². The van der Waals surface area contributed by atoms with Gasteiger partial charge in [0.05, 0.1) is 30.1 Å². The Balaban J connectivity index is 1.81. The first kappa shape index (κ1) is 14.0. The number of aryl methyl sites for hydroxylation is 1. The molecular formula is C21H20N2O. The average Bonchev–Trinajstić information content (AvgIpc) is 2.67. The van der Waals surface area contributed by atoms with Crippen LogP contribution in [0.25, 0.3) is 22.2 Å². The van der Waals surface area contributed by atoms with E-state index in [1.54, 1.807) is 0 Å². The Morgan fingerprint density at radius 3 is 2.58 bits per heavy atom. The number of benzene rings is 2. The van der Waals surface area contributed by atoms with Crippen LogP contribution < -0.4 is 4.90 Å². The maximum atomic E-state index is 5.58. The molecule has 0 saturated carbocycles. The van der Waals surface area contributed by atoms with Gasteiger partial charge >= 0.3 is 0 Å². The van der Waals surface area contributed by atoms with Crippen molar-refractivity contribution in [2.75, 3.05) is 31.2 Å². The van der Waals surface area contributed by atoms with E-state index < -0.39 is 0 Å². The van der Waals surface area contributed by atoms with Gasteiger partial charge in [-0.2, -0.15) is 0 Å². The van der Waals surface area contributed by atoms with Crippen molar-refractivity contribution >= 4 is 16.6 Å². The summed E-state index contributed by atoms with van der Waals surface area (Å²) in [6, 6.07) is 17.3. The number of hydrogen-bond donors (Lipinski definition) is 0. The summed E-state index contributed by atoms with van der Waals surface area (Å²) in [7, 11) is 0. The predicted molar refractivity (Wildman–Crippen MR) is 97.6 cm³/mol. The first-order valence-electron chi connectivity index (χ1n) is 8.74. The molecule has 2 aromatic carbocycles. The number of pyridine rings is 1. The third-order valence-corrected chi connectivity index (χ3v) is 5.21. The van der Waals surface area contributed by atoms with Crippen LogP contribution in [0.4, 0.5) is 5.69 Å². The largest absolute Gasteiger partial charge is 0.378 e. The summed E-state index contributed by atoms with van der Waals surface area (Å²) in [4.78, 5) is 7.55. The summed E-state index contributed by atoms with van der Waals surface area (Å²) in [5.41, 5.74) is 7.79. The molecule has 0 atom stereocenters. The number of para-hydroxylation sites is 1. The van der Waals surface area contributed by atoms with Crippen molar-refractivity contribution in [3.8, 4) is 11.3 Å². The van der Waals surface area contributed by atoms with Crippen LogP contribution in [-0.4, -0.2) is 31.3 Å². The van der Waals surface area contributed by atoms with Crippen molar-refractivity contribution in [2.45, 2.75) is 12.8 Å². The zero-order valence-electron chi connectivity index (χ0n) is 13.7. The third-order valence-electron chi connectivity index (χ3n) is 5.21. The molecule has 0 bridgehead atoms. The van der Waals surface area contributed by atoms with Crippen LogP contribution >= 0.6 is 0 Å². The van der Waals surface area contributed by atoms with Gasteiger partial charge in [-0.3, -0.25) is 0 Å². The number of anilines is 1. The quantitative estimate of drug-likeness (QED) is 0.682. The second kappa shape index (κ2) is 5.60. The van der Waals surface area contributed by atoms with Crippen molar-refractivity contribution in [1.29, 1.82) is 0 Å². The van der Waals surface area contributed by atoms with E-state index in [4.69, 9.17) is 9.72 Å². The minimum atomic E-state index is 0.808. The SMILES string of the molecule is c1ccc2c(c1)CCc1c-2nc2ccccc2c1N1CCOCC1. The van der Waals surface area contributed by atoms with Crippen LogP contribution in [0.3, 0.4) is 0 Å². The predicted octanol–water partition coefficient (Wildman–Crippen LogP) is 3.84. The highest BCUT2D eigenvalue weighted by atomic mass is 16.5. The van der Waals surface area contributed by atoms with E-state index in [0.29, 0.717) is 0 Å². The maximum Gasteiger partial charge on any atom is 0.0765 e. The number of morpholine rings is 1. The van der Waals surface area contributed by atoms with Gasteiger partial charge in [0.25, 0.3) is 0 Å². The van der Waals surface area contributed by atoms with E-state index in [1.807, 2.05) is 0 Å². The van der Waals surface area contributed by atoms with E-state index >= 15 is 0 Å². The molecule has 1 saturated heterocycles. The molecule has 24 heavy (non-hydrogen) atoms. The minimum Gasteiger partial charge on any atom is -0.378 e. The van der Waals surface area contributed by atoms with E-state index in [-0.39, 0.29) is 0 Å². The lowest BCUT2D eigenvalue weighted by Gasteiger charge is -2.33. The van der Waals surface area contributed by atoms with Gasteiger partial charge in [-0.05, 0) is 24.5 Å². The number of ether oxygens (including phenoxy) is 1. The summed E-state index contributed by atoms with van der Waals surface area (Å²) in [5.74, 6) is 0. The average molecular weight is 316 g/mol. The molecule has 3 heteroatoms. The topological polar surface area (TPSA) is 25.4 Å². The standard InChI is InChI=1S/C21H20N2O/c1-2-6-16-15(5-1)9-10-18-20(16)22-19-8-4-3-7-17(19)21(18)23-11-13-24-14-12-23/h1-8H,9-14H2. The van der Waals surface area contributed by atoms with Crippen LogP contribution in [0, 0.1) is 0 Å². The highest BCUT2D eigenvalue weighted by Crippen LogP contribution is 2.41. The number of nitrogens with zero attached hydrogens (tertiary/aromatic N) is 2. The molecule has 0 radical (unpaired) electrons. The second-order valence-corrected chi connectivity index (χ2v) is 6.56. The highest BCUT2D eigenvalue weighted by Gasteiger charge is 2.25. The fraction of sp³-hybridized carbons (Fsp3) is 0.286. The normalized spacial score (nSPS) is 16.8. The lowest BCUT2D eigenvalue weighted by molar-refractivity contribution is 0.123. The molecule has 0 N–H and O–H groups in total. The van der Waals surface area contributed by atoms with Gasteiger partial charge in [0.15, 0.2) is 0 Å². The number of fused-ring (bicyclic) bond motifs is 4. The Morgan fingerprint density at radius 1 is 0.875 bits per heavy atom. The Labute approximate surface area is 141 Å². The number of aromatic nitrogens is 1. The zero-order valence-corrected chi connectivity index (χ0v) is 13.7.